The van der Waals surface area contributed by atoms with E-state index in [0.29, 0.717) is 10.8 Å². The van der Waals surface area contributed by atoms with Crippen LogP contribution in [0.25, 0.3) is 0 Å². The van der Waals surface area contributed by atoms with Gasteiger partial charge in [0.25, 0.3) is 0 Å². The summed E-state index contributed by atoms with van der Waals surface area (Å²) in [5.41, 5.74) is 4.72. The summed E-state index contributed by atoms with van der Waals surface area (Å²) in [6.45, 7) is 4.12. The minimum atomic E-state index is -0.216. The van der Waals surface area contributed by atoms with Crippen LogP contribution in [0.1, 0.15) is 37.2 Å². The molecule has 0 radical (unpaired) electrons. The van der Waals surface area contributed by atoms with Crippen LogP contribution in [0.2, 0.25) is 5.02 Å². The molecule has 0 saturated heterocycles. The van der Waals surface area contributed by atoms with Gasteiger partial charge in [-0.2, -0.15) is 5.10 Å². The summed E-state index contributed by atoms with van der Waals surface area (Å²) in [5, 5.41) is 5.06. The van der Waals surface area contributed by atoms with Crippen LogP contribution in [-0.4, -0.2) is 16.9 Å². The average molecular weight is 295 g/mol. The zero-order valence-corrected chi connectivity index (χ0v) is 12.6. The number of halogens is 1. The van der Waals surface area contributed by atoms with Crippen molar-refractivity contribution in [2.24, 2.45) is 5.84 Å². The quantitative estimate of drug-likeness (QED) is 0.657. The van der Waals surface area contributed by atoms with Gasteiger partial charge in [0, 0.05) is 11.1 Å². The molecule has 0 aliphatic carbocycles. The van der Waals surface area contributed by atoms with Crippen molar-refractivity contribution in [2.45, 2.75) is 25.9 Å². The van der Waals surface area contributed by atoms with Gasteiger partial charge >= 0.3 is 0 Å². The Morgan fingerprint density at radius 1 is 1.30 bits per heavy atom. The van der Waals surface area contributed by atoms with E-state index >= 15 is 0 Å². The van der Waals surface area contributed by atoms with Crippen molar-refractivity contribution < 1.29 is 4.74 Å². The van der Waals surface area contributed by atoms with Gasteiger partial charge in [-0.15, -0.1) is 0 Å². The van der Waals surface area contributed by atoms with Crippen molar-refractivity contribution in [3.8, 4) is 5.75 Å². The lowest BCUT2D eigenvalue weighted by molar-refractivity contribution is 0.394. The lowest BCUT2D eigenvalue weighted by Gasteiger charge is -2.21. The van der Waals surface area contributed by atoms with Gasteiger partial charge in [0.05, 0.1) is 19.3 Å². The van der Waals surface area contributed by atoms with E-state index in [1.165, 1.54) is 0 Å². The van der Waals surface area contributed by atoms with Crippen molar-refractivity contribution in [2.75, 3.05) is 7.11 Å². The minimum Gasteiger partial charge on any atom is -0.493 e. The molecular weight excluding hydrogens is 276 g/mol. The molecule has 3 N–H and O–H groups in total. The molecule has 1 heterocycles. The van der Waals surface area contributed by atoms with Crippen LogP contribution in [0.3, 0.4) is 0 Å². The Hall–Kier alpha value is -1.56. The fraction of sp³-hybridized carbons (Fsp3) is 0.357. The summed E-state index contributed by atoms with van der Waals surface area (Å²) in [7, 11) is 1.63. The predicted molar refractivity (Wildman–Crippen MR) is 79.8 cm³/mol. The smallest absolute Gasteiger partial charge is 0.161 e. The molecule has 0 spiro atoms. The van der Waals surface area contributed by atoms with E-state index < -0.39 is 0 Å². The average Bonchev–Trinajstić information content (AvgIpc) is 2.86. The maximum absolute atomic E-state index is 5.93. The SMILES string of the molecule is COc1cnn(C(C)C)c1C(NN)c1ccc(Cl)cc1. The third-order valence-corrected chi connectivity index (χ3v) is 3.40. The highest BCUT2D eigenvalue weighted by atomic mass is 35.5. The second-order valence-corrected chi connectivity index (χ2v) is 5.22. The second-order valence-electron chi connectivity index (χ2n) is 4.79. The topological polar surface area (TPSA) is 65.1 Å². The number of aromatic nitrogens is 2. The molecular formula is C14H19ClN4O. The maximum atomic E-state index is 5.93. The molecule has 1 unspecified atom stereocenters. The van der Waals surface area contributed by atoms with Gasteiger partial charge < -0.3 is 4.74 Å². The van der Waals surface area contributed by atoms with E-state index in [1.54, 1.807) is 13.3 Å². The van der Waals surface area contributed by atoms with E-state index in [0.717, 1.165) is 11.3 Å². The molecule has 0 amide bonds. The summed E-state index contributed by atoms with van der Waals surface area (Å²) < 4.78 is 7.30. The number of hydrazine groups is 1. The summed E-state index contributed by atoms with van der Waals surface area (Å²) >= 11 is 5.93. The number of nitrogens with zero attached hydrogens (tertiary/aromatic N) is 2. The van der Waals surface area contributed by atoms with Crippen LogP contribution in [0, 0.1) is 0 Å². The second kappa shape index (κ2) is 6.26. The molecule has 108 valence electrons. The van der Waals surface area contributed by atoms with Crippen molar-refractivity contribution in [1.29, 1.82) is 0 Å². The van der Waals surface area contributed by atoms with Crippen molar-refractivity contribution in [1.82, 2.24) is 15.2 Å². The van der Waals surface area contributed by atoms with Crippen LogP contribution < -0.4 is 16.0 Å². The number of ether oxygens (including phenoxy) is 1. The van der Waals surface area contributed by atoms with Gasteiger partial charge in [0.1, 0.15) is 5.69 Å². The van der Waals surface area contributed by atoms with E-state index in [1.807, 2.05) is 28.9 Å². The van der Waals surface area contributed by atoms with Gasteiger partial charge in [-0.25, -0.2) is 5.43 Å². The Balaban J connectivity index is 2.50. The Bertz CT molecular complexity index is 565. The first-order valence-corrected chi connectivity index (χ1v) is 6.79. The molecule has 1 atom stereocenters. The van der Waals surface area contributed by atoms with Gasteiger partial charge in [-0.05, 0) is 31.5 Å². The Morgan fingerprint density at radius 3 is 2.45 bits per heavy atom. The maximum Gasteiger partial charge on any atom is 0.161 e. The van der Waals surface area contributed by atoms with Crippen molar-refractivity contribution in [3.05, 3.63) is 46.7 Å². The Morgan fingerprint density at radius 2 is 1.95 bits per heavy atom. The number of benzene rings is 1. The fourth-order valence-electron chi connectivity index (χ4n) is 2.19. The monoisotopic (exact) mass is 294 g/mol. The molecule has 5 nitrogen and oxygen atoms in total. The molecule has 0 aliphatic rings. The largest absolute Gasteiger partial charge is 0.493 e. The molecule has 2 aromatic rings. The minimum absolute atomic E-state index is 0.206. The van der Waals surface area contributed by atoms with Gasteiger partial charge in [0.15, 0.2) is 5.75 Å². The Kier molecular flexibility index (Phi) is 4.65. The van der Waals surface area contributed by atoms with E-state index in [4.69, 9.17) is 22.2 Å². The fourth-order valence-corrected chi connectivity index (χ4v) is 2.31. The molecule has 0 saturated carbocycles. The van der Waals surface area contributed by atoms with Crippen LogP contribution >= 0.6 is 11.6 Å². The molecule has 1 aromatic heterocycles. The van der Waals surface area contributed by atoms with Crippen LogP contribution in [0.15, 0.2) is 30.5 Å². The number of nitrogens with one attached hydrogen (secondary N) is 1. The number of methoxy groups -OCH3 is 1. The number of rotatable bonds is 5. The van der Waals surface area contributed by atoms with E-state index in [-0.39, 0.29) is 12.1 Å². The van der Waals surface area contributed by atoms with E-state index in [9.17, 15) is 0 Å². The summed E-state index contributed by atoms with van der Waals surface area (Å²) in [5.74, 6) is 6.45. The highest BCUT2D eigenvalue weighted by Gasteiger charge is 2.23. The zero-order chi connectivity index (χ0) is 14.7. The molecule has 0 aliphatic heterocycles. The zero-order valence-electron chi connectivity index (χ0n) is 11.8. The first-order chi connectivity index (χ1) is 9.58. The number of hydrogen-bond acceptors (Lipinski definition) is 4. The molecule has 6 heteroatoms. The van der Waals surface area contributed by atoms with Crippen LogP contribution in [-0.2, 0) is 0 Å². The van der Waals surface area contributed by atoms with Crippen LogP contribution in [0.4, 0.5) is 0 Å². The lowest BCUT2D eigenvalue weighted by atomic mass is 10.0. The van der Waals surface area contributed by atoms with Gasteiger partial charge in [0.2, 0.25) is 0 Å². The Labute approximate surface area is 123 Å². The standard InChI is InChI=1S/C14H19ClN4O/c1-9(2)19-14(12(20-3)8-17-19)13(18-16)10-4-6-11(15)7-5-10/h4-9,13,18H,16H2,1-3H3. The summed E-state index contributed by atoms with van der Waals surface area (Å²) in [6.07, 6.45) is 1.70. The highest BCUT2D eigenvalue weighted by Crippen LogP contribution is 2.31. The molecule has 0 bridgehead atoms. The van der Waals surface area contributed by atoms with Gasteiger partial charge in [-0.1, -0.05) is 23.7 Å². The van der Waals surface area contributed by atoms with Crippen molar-refractivity contribution >= 4 is 11.6 Å². The molecule has 1 aromatic carbocycles. The van der Waals surface area contributed by atoms with Gasteiger partial charge in [-0.3, -0.25) is 10.5 Å². The van der Waals surface area contributed by atoms with E-state index in [2.05, 4.69) is 24.4 Å². The van der Waals surface area contributed by atoms with Crippen LogP contribution in [0.5, 0.6) is 5.75 Å². The third kappa shape index (κ3) is 2.80. The molecule has 0 fully saturated rings. The number of nitrogens with two attached hydrogens (primary N) is 1. The highest BCUT2D eigenvalue weighted by molar-refractivity contribution is 6.30. The third-order valence-electron chi connectivity index (χ3n) is 3.15. The predicted octanol–water partition coefficient (Wildman–Crippen LogP) is 2.68. The van der Waals surface area contributed by atoms with Crippen molar-refractivity contribution in [3.63, 3.8) is 0 Å². The summed E-state index contributed by atoms with van der Waals surface area (Å²) in [4.78, 5) is 0. The first-order valence-electron chi connectivity index (χ1n) is 6.41. The molecule has 20 heavy (non-hydrogen) atoms. The molecule has 2 rings (SSSR count). The summed E-state index contributed by atoms with van der Waals surface area (Å²) in [6, 6.07) is 7.53. The lowest BCUT2D eigenvalue weighted by Crippen LogP contribution is -2.31. The number of hydrogen-bond donors (Lipinski definition) is 2. The normalized spacial score (nSPS) is 12.7. The first kappa shape index (κ1) is 14.8.